The van der Waals surface area contributed by atoms with Crippen LogP contribution in [0.2, 0.25) is 5.02 Å². The minimum absolute atomic E-state index is 0.511. The van der Waals surface area contributed by atoms with Crippen LogP contribution in [-0.4, -0.2) is 31.1 Å². The Morgan fingerprint density at radius 2 is 2.16 bits per heavy atom. The number of hydrogen-bond donors (Lipinski definition) is 1. The lowest BCUT2D eigenvalue weighted by Crippen LogP contribution is -2.33. The predicted octanol–water partition coefficient (Wildman–Crippen LogP) is 3.50. The molecule has 0 bridgehead atoms. The van der Waals surface area contributed by atoms with Crippen LogP contribution in [0.15, 0.2) is 18.2 Å². The van der Waals surface area contributed by atoms with Crippen molar-refractivity contribution >= 4 is 17.3 Å². The molecule has 0 atom stereocenters. The van der Waals surface area contributed by atoms with Crippen molar-refractivity contribution in [1.29, 1.82) is 5.26 Å². The van der Waals surface area contributed by atoms with Crippen molar-refractivity contribution in [3.05, 3.63) is 28.8 Å². The van der Waals surface area contributed by atoms with Gasteiger partial charge in [0.2, 0.25) is 0 Å². The molecular weight excluding hydrogens is 258 g/mol. The van der Waals surface area contributed by atoms with E-state index in [-0.39, 0.29) is 0 Å². The minimum Gasteiger partial charge on any atom is -0.383 e. The molecule has 1 aromatic rings. The first-order valence-corrected chi connectivity index (χ1v) is 7.23. The van der Waals surface area contributed by atoms with Crippen LogP contribution in [0.4, 0.5) is 5.69 Å². The highest BCUT2D eigenvalue weighted by atomic mass is 35.5. The van der Waals surface area contributed by atoms with Gasteiger partial charge in [-0.25, -0.2) is 0 Å². The van der Waals surface area contributed by atoms with Crippen molar-refractivity contribution in [3.63, 3.8) is 0 Å². The summed E-state index contributed by atoms with van der Waals surface area (Å²) in [6.45, 7) is 1.82. The summed E-state index contributed by atoms with van der Waals surface area (Å²) in [7, 11) is 2.18. The van der Waals surface area contributed by atoms with E-state index in [0.29, 0.717) is 10.6 Å². The number of hydrogen-bond acceptors (Lipinski definition) is 3. The van der Waals surface area contributed by atoms with Gasteiger partial charge in [0.05, 0.1) is 16.3 Å². The second kappa shape index (κ2) is 6.79. The number of rotatable bonds is 5. The lowest BCUT2D eigenvalue weighted by atomic mass is 10.2. The van der Waals surface area contributed by atoms with Gasteiger partial charge < -0.3 is 10.2 Å². The maximum absolute atomic E-state index is 9.10. The number of anilines is 1. The lowest BCUT2D eigenvalue weighted by molar-refractivity contribution is 0.254. The summed E-state index contributed by atoms with van der Waals surface area (Å²) in [5.41, 5.74) is 1.36. The number of nitrogens with zero attached hydrogens (tertiary/aromatic N) is 2. The molecule has 0 unspecified atom stereocenters. The topological polar surface area (TPSA) is 39.1 Å². The Morgan fingerprint density at radius 1 is 1.42 bits per heavy atom. The van der Waals surface area contributed by atoms with Crippen molar-refractivity contribution in [2.75, 3.05) is 25.5 Å². The van der Waals surface area contributed by atoms with E-state index in [0.717, 1.165) is 24.8 Å². The maximum atomic E-state index is 9.10. The average molecular weight is 278 g/mol. The summed E-state index contributed by atoms with van der Waals surface area (Å²) in [4.78, 5) is 2.41. The molecule has 0 saturated heterocycles. The van der Waals surface area contributed by atoms with Gasteiger partial charge >= 0.3 is 0 Å². The maximum Gasteiger partial charge on any atom is 0.103 e. The molecule has 1 aromatic carbocycles. The third kappa shape index (κ3) is 3.62. The van der Waals surface area contributed by atoms with Crippen LogP contribution in [0.3, 0.4) is 0 Å². The standard InChI is InChI=1S/C15H20ClN3/c1-19(12-5-2-3-6-12)10-9-18-15-8-4-7-14(16)13(15)11-17/h4,7-8,12,18H,2-3,5-6,9-10H2,1H3. The van der Waals surface area contributed by atoms with Gasteiger partial charge in [0.25, 0.3) is 0 Å². The van der Waals surface area contributed by atoms with Gasteiger partial charge in [-0.1, -0.05) is 30.5 Å². The van der Waals surface area contributed by atoms with Crippen molar-refractivity contribution < 1.29 is 0 Å². The minimum atomic E-state index is 0.511. The summed E-state index contributed by atoms with van der Waals surface area (Å²) < 4.78 is 0. The highest BCUT2D eigenvalue weighted by molar-refractivity contribution is 6.32. The third-order valence-electron chi connectivity index (χ3n) is 3.85. The number of likely N-dealkylation sites (N-methyl/N-ethyl adjacent to an activating group) is 1. The Balaban J connectivity index is 1.86. The van der Waals surface area contributed by atoms with E-state index in [1.165, 1.54) is 25.7 Å². The van der Waals surface area contributed by atoms with Gasteiger partial charge in [-0.2, -0.15) is 5.26 Å². The molecule has 1 aliphatic rings. The molecule has 0 amide bonds. The van der Waals surface area contributed by atoms with Crippen molar-refractivity contribution in [2.45, 2.75) is 31.7 Å². The Kier molecular flexibility index (Phi) is 5.07. The Bertz CT molecular complexity index is 461. The first kappa shape index (κ1) is 14.2. The predicted molar refractivity (Wildman–Crippen MR) is 79.5 cm³/mol. The van der Waals surface area contributed by atoms with Crippen LogP contribution in [-0.2, 0) is 0 Å². The summed E-state index contributed by atoms with van der Waals surface area (Å²) in [5, 5.41) is 12.9. The molecular formula is C15H20ClN3. The molecule has 0 aliphatic heterocycles. The van der Waals surface area contributed by atoms with E-state index in [9.17, 15) is 0 Å². The molecule has 0 heterocycles. The zero-order valence-electron chi connectivity index (χ0n) is 11.3. The Labute approximate surface area is 120 Å². The van der Waals surface area contributed by atoms with Gasteiger partial charge in [-0.15, -0.1) is 0 Å². The fourth-order valence-corrected chi connectivity index (χ4v) is 2.90. The van der Waals surface area contributed by atoms with E-state index in [2.05, 4.69) is 23.3 Å². The SMILES string of the molecule is CN(CCNc1cccc(Cl)c1C#N)C1CCCC1. The fraction of sp³-hybridized carbons (Fsp3) is 0.533. The van der Waals surface area contributed by atoms with Gasteiger partial charge in [-0.3, -0.25) is 0 Å². The third-order valence-corrected chi connectivity index (χ3v) is 4.17. The summed E-state index contributed by atoms with van der Waals surface area (Å²) in [6.07, 6.45) is 5.35. The normalized spacial score (nSPS) is 15.7. The van der Waals surface area contributed by atoms with Crippen LogP contribution >= 0.6 is 11.6 Å². The zero-order chi connectivity index (χ0) is 13.7. The molecule has 4 heteroatoms. The number of benzene rings is 1. The van der Waals surface area contributed by atoms with E-state index in [1.54, 1.807) is 6.07 Å². The van der Waals surface area contributed by atoms with Gasteiger partial charge in [0, 0.05) is 19.1 Å². The summed E-state index contributed by atoms with van der Waals surface area (Å²) in [6, 6.07) is 8.40. The quantitative estimate of drug-likeness (QED) is 0.895. The number of halogens is 1. The molecule has 0 spiro atoms. The highest BCUT2D eigenvalue weighted by Gasteiger charge is 2.18. The summed E-state index contributed by atoms with van der Waals surface area (Å²) >= 11 is 6.00. The average Bonchev–Trinajstić information content (AvgIpc) is 2.93. The van der Waals surface area contributed by atoms with Crippen LogP contribution in [0, 0.1) is 11.3 Å². The van der Waals surface area contributed by atoms with E-state index < -0.39 is 0 Å². The monoisotopic (exact) mass is 277 g/mol. The molecule has 0 radical (unpaired) electrons. The molecule has 1 N–H and O–H groups in total. The van der Waals surface area contributed by atoms with E-state index in [1.807, 2.05) is 12.1 Å². The Hall–Kier alpha value is -1.24. The summed E-state index contributed by atoms with van der Waals surface area (Å²) in [5.74, 6) is 0. The van der Waals surface area contributed by atoms with Gasteiger partial charge in [0.15, 0.2) is 0 Å². The lowest BCUT2D eigenvalue weighted by Gasteiger charge is -2.24. The van der Waals surface area contributed by atoms with Crippen LogP contribution in [0.1, 0.15) is 31.2 Å². The second-order valence-corrected chi connectivity index (χ2v) is 5.53. The first-order valence-electron chi connectivity index (χ1n) is 6.85. The molecule has 2 rings (SSSR count). The smallest absolute Gasteiger partial charge is 0.103 e. The van der Waals surface area contributed by atoms with E-state index in [4.69, 9.17) is 16.9 Å². The van der Waals surface area contributed by atoms with Gasteiger partial charge in [0.1, 0.15) is 6.07 Å². The molecule has 0 aromatic heterocycles. The van der Waals surface area contributed by atoms with Crippen molar-refractivity contribution in [2.24, 2.45) is 0 Å². The highest BCUT2D eigenvalue weighted by Crippen LogP contribution is 2.24. The number of nitrogens with one attached hydrogen (secondary N) is 1. The first-order chi connectivity index (χ1) is 9.22. The Morgan fingerprint density at radius 3 is 2.84 bits per heavy atom. The largest absolute Gasteiger partial charge is 0.383 e. The van der Waals surface area contributed by atoms with Crippen molar-refractivity contribution in [3.8, 4) is 6.07 Å². The van der Waals surface area contributed by atoms with Crippen LogP contribution in [0.25, 0.3) is 0 Å². The van der Waals surface area contributed by atoms with Crippen LogP contribution < -0.4 is 5.32 Å². The fourth-order valence-electron chi connectivity index (χ4n) is 2.68. The van der Waals surface area contributed by atoms with Crippen molar-refractivity contribution in [1.82, 2.24) is 4.90 Å². The molecule has 102 valence electrons. The van der Waals surface area contributed by atoms with Crippen LogP contribution in [0.5, 0.6) is 0 Å². The molecule has 19 heavy (non-hydrogen) atoms. The molecule has 3 nitrogen and oxygen atoms in total. The molecule has 1 fully saturated rings. The zero-order valence-corrected chi connectivity index (χ0v) is 12.1. The van der Waals surface area contributed by atoms with Gasteiger partial charge in [-0.05, 0) is 32.0 Å². The van der Waals surface area contributed by atoms with E-state index >= 15 is 0 Å². The molecule has 1 saturated carbocycles. The second-order valence-electron chi connectivity index (χ2n) is 5.12. The molecule has 1 aliphatic carbocycles. The number of nitriles is 1.